The Balaban J connectivity index is 2.55. The van der Waals surface area contributed by atoms with Gasteiger partial charge in [-0.3, -0.25) is 5.26 Å². The summed E-state index contributed by atoms with van der Waals surface area (Å²) in [6, 6.07) is 0. The molecule has 0 aromatic heterocycles. The van der Waals surface area contributed by atoms with E-state index in [0.29, 0.717) is 0 Å². The van der Waals surface area contributed by atoms with Crippen molar-refractivity contribution in [3.05, 3.63) is 24.3 Å². The lowest BCUT2D eigenvalue weighted by Crippen LogP contribution is -2.24. The van der Waals surface area contributed by atoms with Crippen LogP contribution in [0.1, 0.15) is 0 Å². The molecule has 3 nitrogen and oxygen atoms in total. The Morgan fingerprint density at radius 2 is 2.00 bits per heavy atom. The lowest BCUT2D eigenvalue weighted by molar-refractivity contribution is -0.283. The molecule has 1 N–H and O–H groups in total. The first kappa shape index (κ1) is 6.48. The molecule has 0 saturated carbocycles. The Kier molecular flexibility index (Phi) is 2.00. The van der Waals surface area contributed by atoms with Crippen LogP contribution >= 0.6 is 0 Å². The van der Waals surface area contributed by atoms with Gasteiger partial charge in [0.1, 0.15) is 12.2 Å². The fourth-order valence-corrected chi connectivity index (χ4v) is 0.661. The van der Waals surface area contributed by atoms with Gasteiger partial charge in [-0.2, -0.15) is 0 Å². The van der Waals surface area contributed by atoms with Crippen LogP contribution in [-0.4, -0.2) is 17.5 Å². The fraction of sp³-hybridized carbons (Fsp3) is 0.333. The van der Waals surface area contributed by atoms with E-state index < -0.39 is 12.2 Å². The van der Waals surface area contributed by atoms with Crippen LogP contribution < -0.4 is 0 Å². The Labute approximate surface area is 52.8 Å². The molecule has 2 atom stereocenters. The minimum absolute atomic E-state index is 0.713. The Morgan fingerprint density at radius 3 is 2.44 bits per heavy atom. The first-order chi connectivity index (χ1) is 4.34. The number of allylic oxidation sites excluding steroid dienone is 2. The molecule has 3 heteroatoms. The lowest BCUT2D eigenvalue weighted by atomic mass is 10.1. The summed E-state index contributed by atoms with van der Waals surface area (Å²) in [5, 5.41) is 18.8. The molecule has 49 valence electrons. The Morgan fingerprint density at radius 1 is 1.33 bits per heavy atom. The largest absolute Gasteiger partial charge is 0.251 e. The third kappa shape index (κ3) is 1.38. The van der Waals surface area contributed by atoms with Gasteiger partial charge in [-0.05, 0) is 12.2 Å². The highest BCUT2D eigenvalue weighted by molar-refractivity contribution is 5.15. The van der Waals surface area contributed by atoms with Crippen molar-refractivity contribution in [2.45, 2.75) is 12.2 Å². The zero-order chi connectivity index (χ0) is 6.69. The summed E-state index contributed by atoms with van der Waals surface area (Å²) < 4.78 is 0. The molecule has 1 rings (SSSR count). The second-order valence-electron chi connectivity index (χ2n) is 1.80. The van der Waals surface area contributed by atoms with Crippen LogP contribution in [0.4, 0.5) is 0 Å². The number of rotatable bonds is 1. The molecule has 1 aliphatic rings. The van der Waals surface area contributed by atoms with Crippen molar-refractivity contribution in [3.63, 3.8) is 0 Å². The van der Waals surface area contributed by atoms with E-state index in [1.807, 2.05) is 0 Å². The SMILES string of the molecule is [O][C@@H]1C=CC=C[C@@H]1OO. The molecule has 1 aliphatic carbocycles. The Hall–Kier alpha value is -0.640. The van der Waals surface area contributed by atoms with Crippen molar-refractivity contribution >= 4 is 0 Å². The standard InChI is InChI=1S/C6H7O3/c7-5-3-1-2-4-6(5)9-8/h1-6,8H/t5-,6+/m1/s1. The zero-order valence-corrected chi connectivity index (χ0v) is 4.73. The molecular weight excluding hydrogens is 120 g/mol. The normalized spacial score (nSPS) is 33.1. The van der Waals surface area contributed by atoms with E-state index in [4.69, 9.17) is 5.26 Å². The van der Waals surface area contributed by atoms with Crippen molar-refractivity contribution in [1.29, 1.82) is 0 Å². The molecule has 0 spiro atoms. The number of hydrogen-bond acceptors (Lipinski definition) is 2. The maximum absolute atomic E-state index is 10.7. The van der Waals surface area contributed by atoms with E-state index >= 15 is 0 Å². The molecule has 0 saturated heterocycles. The summed E-state index contributed by atoms with van der Waals surface area (Å²) in [5.41, 5.74) is 0. The highest BCUT2D eigenvalue weighted by Crippen LogP contribution is 2.06. The highest BCUT2D eigenvalue weighted by Gasteiger charge is 2.17. The molecule has 0 fully saturated rings. The van der Waals surface area contributed by atoms with Gasteiger partial charge in [-0.25, -0.2) is 9.99 Å². The molecule has 0 aromatic rings. The smallest absolute Gasteiger partial charge is 0.144 e. The van der Waals surface area contributed by atoms with Crippen LogP contribution in [0.2, 0.25) is 0 Å². The van der Waals surface area contributed by atoms with Crippen molar-refractivity contribution in [2.24, 2.45) is 0 Å². The highest BCUT2D eigenvalue weighted by atomic mass is 17.1. The molecule has 1 radical (unpaired) electrons. The zero-order valence-electron chi connectivity index (χ0n) is 4.73. The van der Waals surface area contributed by atoms with Crippen molar-refractivity contribution in [3.8, 4) is 0 Å². The lowest BCUT2D eigenvalue weighted by Gasteiger charge is -2.12. The summed E-state index contributed by atoms with van der Waals surface area (Å²) in [4.78, 5) is 3.85. The Bertz CT molecular complexity index is 139. The number of hydrogen-bond donors (Lipinski definition) is 1. The van der Waals surface area contributed by atoms with Crippen LogP contribution in [0.3, 0.4) is 0 Å². The molecule has 0 amide bonds. The summed E-state index contributed by atoms with van der Waals surface area (Å²) in [6.07, 6.45) is 4.55. The quantitative estimate of drug-likeness (QED) is 0.417. The van der Waals surface area contributed by atoms with Gasteiger partial charge in [-0.1, -0.05) is 12.2 Å². The van der Waals surface area contributed by atoms with Crippen LogP contribution in [-0.2, 0) is 9.99 Å². The first-order valence-electron chi connectivity index (χ1n) is 2.65. The van der Waals surface area contributed by atoms with Gasteiger partial charge in [0.25, 0.3) is 0 Å². The first-order valence-corrected chi connectivity index (χ1v) is 2.65. The van der Waals surface area contributed by atoms with Crippen molar-refractivity contribution in [1.82, 2.24) is 0 Å². The van der Waals surface area contributed by atoms with Gasteiger partial charge in [0.15, 0.2) is 0 Å². The summed E-state index contributed by atoms with van der Waals surface area (Å²) in [6.45, 7) is 0. The molecule has 0 unspecified atom stereocenters. The second kappa shape index (κ2) is 2.77. The predicted octanol–water partition coefficient (Wildman–Crippen LogP) is 0.770. The van der Waals surface area contributed by atoms with Gasteiger partial charge < -0.3 is 0 Å². The third-order valence-electron chi connectivity index (χ3n) is 1.16. The van der Waals surface area contributed by atoms with Crippen LogP contribution in [0.15, 0.2) is 24.3 Å². The van der Waals surface area contributed by atoms with Crippen molar-refractivity contribution < 1.29 is 15.3 Å². The summed E-state index contributed by atoms with van der Waals surface area (Å²) in [5.74, 6) is 0. The minimum Gasteiger partial charge on any atom is -0.251 e. The average Bonchev–Trinajstić information content (AvgIpc) is 1.89. The van der Waals surface area contributed by atoms with Gasteiger partial charge >= 0.3 is 0 Å². The molecule has 0 aromatic carbocycles. The second-order valence-corrected chi connectivity index (χ2v) is 1.80. The molecule has 0 aliphatic heterocycles. The molecule has 0 heterocycles. The fourth-order valence-electron chi connectivity index (χ4n) is 0.661. The minimum atomic E-state index is -0.972. The van der Waals surface area contributed by atoms with E-state index in [1.165, 1.54) is 12.2 Å². The van der Waals surface area contributed by atoms with Crippen LogP contribution in [0, 0.1) is 0 Å². The molecule has 0 bridgehead atoms. The molecular formula is C6H7O3. The van der Waals surface area contributed by atoms with Crippen LogP contribution in [0.5, 0.6) is 0 Å². The molecule has 9 heavy (non-hydrogen) atoms. The van der Waals surface area contributed by atoms with E-state index in [-0.39, 0.29) is 0 Å². The van der Waals surface area contributed by atoms with E-state index in [2.05, 4.69) is 4.89 Å². The van der Waals surface area contributed by atoms with Crippen LogP contribution in [0.25, 0.3) is 0 Å². The van der Waals surface area contributed by atoms with E-state index in [1.54, 1.807) is 12.2 Å². The third-order valence-corrected chi connectivity index (χ3v) is 1.16. The van der Waals surface area contributed by atoms with Gasteiger partial charge in [0.05, 0.1) is 0 Å². The maximum atomic E-state index is 10.7. The van der Waals surface area contributed by atoms with Gasteiger partial charge in [0.2, 0.25) is 0 Å². The summed E-state index contributed by atoms with van der Waals surface area (Å²) >= 11 is 0. The van der Waals surface area contributed by atoms with Gasteiger partial charge in [0, 0.05) is 0 Å². The van der Waals surface area contributed by atoms with Crippen molar-refractivity contribution in [2.75, 3.05) is 0 Å². The average molecular weight is 127 g/mol. The van der Waals surface area contributed by atoms with E-state index in [9.17, 15) is 5.11 Å². The van der Waals surface area contributed by atoms with Gasteiger partial charge in [-0.15, -0.1) is 0 Å². The monoisotopic (exact) mass is 127 g/mol. The topological polar surface area (TPSA) is 49.4 Å². The maximum Gasteiger partial charge on any atom is 0.144 e. The predicted molar refractivity (Wildman–Crippen MR) is 30.3 cm³/mol. The van der Waals surface area contributed by atoms with E-state index in [0.717, 1.165) is 0 Å². The summed E-state index contributed by atoms with van der Waals surface area (Å²) in [7, 11) is 0.